The largest absolute Gasteiger partial charge is 0.348 e. The van der Waals surface area contributed by atoms with E-state index < -0.39 is 6.04 Å². The van der Waals surface area contributed by atoms with E-state index >= 15 is 0 Å². The van der Waals surface area contributed by atoms with Gasteiger partial charge in [-0.2, -0.15) is 0 Å². The number of halogens is 1. The van der Waals surface area contributed by atoms with Gasteiger partial charge in [0, 0.05) is 10.0 Å². The Morgan fingerprint density at radius 3 is 2.22 bits per heavy atom. The zero-order chi connectivity index (χ0) is 20.0. The topological polar surface area (TPSA) is 58.2 Å². The molecule has 0 bridgehead atoms. The average Bonchev–Trinajstić information content (AvgIpc) is 2.61. The first-order valence-corrected chi connectivity index (χ1v) is 10.00. The first-order chi connectivity index (χ1) is 12.8. The number of aryl methyl sites for hydroxylation is 1. The van der Waals surface area contributed by atoms with Crippen molar-refractivity contribution < 1.29 is 9.59 Å². The molecule has 0 aliphatic rings. The van der Waals surface area contributed by atoms with Crippen LogP contribution in [0, 0.1) is 12.8 Å². The maximum atomic E-state index is 12.9. The van der Waals surface area contributed by atoms with Crippen molar-refractivity contribution in [1.82, 2.24) is 10.6 Å². The normalized spacial score (nSPS) is 13.1. The van der Waals surface area contributed by atoms with Crippen molar-refractivity contribution in [2.45, 2.75) is 46.2 Å². The predicted molar refractivity (Wildman–Crippen MR) is 113 cm³/mol. The lowest BCUT2D eigenvalue weighted by molar-refractivity contribution is -0.124. The standard InChI is InChI=1S/C22H27BrN2O2/c1-14(2)13-20(25-21(26)17-10-6-5-9-15(17)3)22(27)24-16(4)18-11-7-8-12-19(18)23/h5-12,14,16,20H,13H2,1-4H3,(H,24,27)(H,25,26)/t16-,20+/m1/s1. The van der Waals surface area contributed by atoms with Gasteiger partial charge in [-0.05, 0) is 49.4 Å². The highest BCUT2D eigenvalue weighted by atomic mass is 79.9. The SMILES string of the molecule is Cc1ccccc1C(=O)N[C@@H](CC(C)C)C(=O)N[C@H](C)c1ccccc1Br. The molecule has 0 aliphatic heterocycles. The number of carbonyl (C=O) groups is 2. The number of carbonyl (C=O) groups excluding carboxylic acids is 2. The van der Waals surface area contributed by atoms with Gasteiger partial charge in [-0.25, -0.2) is 0 Å². The fraction of sp³-hybridized carbons (Fsp3) is 0.364. The molecule has 2 rings (SSSR count). The van der Waals surface area contributed by atoms with Gasteiger partial charge >= 0.3 is 0 Å². The van der Waals surface area contributed by atoms with E-state index in [0.29, 0.717) is 12.0 Å². The molecule has 0 aliphatic carbocycles. The van der Waals surface area contributed by atoms with Crippen LogP contribution in [0.25, 0.3) is 0 Å². The molecule has 0 fully saturated rings. The van der Waals surface area contributed by atoms with Crippen LogP contribution in [0.4, 0.5) is 0 Å². The van der Waals surface area contributed by atoms with Crippen LogP contribution in [-0.4, -0.2) is 17.9 Å². The van der Waals surface area contributed by atoms with Gasteiger partial charge in [0.25, 0.3) is 5.91 Å². The lowest BCUT2D eigenvalue weighted by Gasteiger charge is -2.23. The van der Waals surface area contributed by atoms with Crippen LogP contribution >= 0.6 is 15.9 Å². The molecule has 27 heavy (non-hydrogen) atoms. The fourth-order valence-electron chi connectivity index (χ4n) is 2.98. The molecule has 2 aromatic rings. The third kappa shape index (κ3) is 5.93. The molecular formula is C22H27BrN2O2. The van der Waals surface area contributed by atoms with E-state index in [4.69, 9.17) is 0 Å². The van der Waals surface area contributed by atoms with Gasteiger partial charge in [0.15, 0.2) is 0 Å². The molecule has 2 atom stereocenters. The molecule has 0 unspecified atom stereocenters. The summed E-state index contributed by atoms with van der Waals surface area (Å²) >= 11 is 3.52. The Morgan fingerprint density at radius 1 is 0.963 bits per heavy atom. The molecule has 2 aromatic carbocycles. The molecule has 2 amide bonds. The predicted octanol–water partition coefficient (Wildman–Crippen LogP) is 4.78. The zero-order valence-corrected chi connectivity index (χ0v) is 17.8. The van der Waals surface area contributed by atoms with E-state index in [9.17, 15) is 9.59 Å². The van der Waals surface area contributed by atoms with Gasteiger partial charge < -0.3 is 10.6 Å². The van der Waals surface area contributed by atoms with Gasteiger partial charge in [-0.15, -0.1) is 0 Å². The Hall–Kier alpha value is -2.14. The number of benzene rings is 2. The minimum atomic E-state index is -0.581. The summed E-state index contributed by atoms with van der Waals surface area (Å²) in [5.41, 5.74) is 2.48. The van der Waals surface area contributed by atoms with Crippen molar-refractivity contribution in [2.75, 3.05) is 0 Å². The van der Waals surface area contributed by atoms with E-state index in [2.05, 4.69) is 26.6 Å². The summed E-state index contributed by atoms with van der Waals surface area (Å²) in [6.07, 6.45) is 0.576. The summed E-state index contributed by atoms with van der Waals surface area (Å²) in [6, 6.07) is 14.4. The Kier molecular flexibility index (Phi) is 7.60. The first kappa shape index (κ1) is 21.2. The van der Waals surface area contributed by atoms with Crippen LogP contribution in [0.15, 0.2) is 53.0 Å². The zero-order valence-electron chi connectivity index (χ0n) is 16.3. The van der Waals surface area contributed by atoms with Gasteiger partial charge in [-0.1, -0.05) is 66.2 Å². The van der Waals surface area contributed by atoms with Crippen LogP contribution in [0.5, 0.6) is 0 Å². The molecule has 0 saturated heterocycles. The summed E-state index contributed by atoms with van der Waals surface area (Å²) < 4.78 is 0.946. The lowest BCUT2D eigenvalue weighted by Crippen LogP contribution is -2.48. The summed E-state index contributed by atoms with van der Waals surface area (Å²) in [7, 11) is 0. The van der Waals surface area contributed by atoms with Crippen LogP contribution in [-0.2, 0) is 4.79 Å². The second-order valence-corrected chi connectivity index (χ2v) is 8.08. The van der Waals surface area contributed by atoms with Crippen molar-refractivity contribution in [1.29, 1.82) is 0 Å². The Labute approximate surface area is 169 Å². The fourth-order valence-corrected chi connectivity index (χ4v) is 3.61. The molecule has 0 spiro atoms. The highest BCUT2D eigenvalue weighted by Crippen LogP contribution is 2.23. The second-order valence-electron chi connectivity index (χ2n) is 7.22. The lowest BCUT2D eigenvalue weighted by atomic mass is 10.0. The monoisotopic (exact) mass is 430 g/mol. The number of amides is 2. The van der Waals surface area contributed by atoms with Crippen molar-refractivity contribution in [2.24, 2.45) is 5.92 Å². The molecular weight excluding hydrogens is 404 g/mol. The van der Waals surface area contributed by atoms with Gasteiger partial charge in [0.1, 0.15) is 6.04 Å². The van der Waals surface area contributed by atoms with Crippen molar-refractivity contribution >= 4 is 27.7 Å². The van der Waals surface area contributed by atoms with E-state index in [1.54, 1.807) is 6.07 Å². The molecule has 144 valence electrons. The Bertz CT molecular complexity index is 804. The number of hydrogen-bond donors (Lipinski definition) is 2. The Morgan fingerprint density at radius 2 is 1.59 bits per heavy atom. The van der Waals surface area contributed by atoms with E-state index in [-0.39, 0.29) is 23.8 Å². The highest BCUT2D eigenvalue weighted by Gasteiger charge is 2.24. The summed E-state index contributed by atoms with van der Waals surface area (Å²) in [6.45, 7) is 7.91. The van der Waals surface area contributed by atoms with Crippen LogP contribution in [0.3, 0.4) is 0 Å². The van der Waals surface area contributed by atoms with Crippen LogP contribution in [0.2, 0.25) is 0 Å². The van der Waals surface area contributed by atoms with E-state index in [1.807, 2.05) is 70.2 Å². The Balaban J connectivity index is 2.13. The number of nitrogens with one attached hydrogen (secondary N) is 2. The van der Waals surface area contributed by atoms with E-state index in [1.165, 1.54) is 0 Å². The first-order valence-electron chi connectivity index (χ1n) is 9.21. The highest BCUT2D eigenvalue weighted by molar-refractivity contribution is 9.10. The minimum Gasteiger partial charge on any atom is -0.348 e. The third-order valence-corrected chi connectivity index (χ3v) is 5.17. The molecule has 0 heterocycles. The van der Waals surface area contributed by atoms with Crippen LogP contribution < -0.4 is 10.6 Å². The molecule has 0 radical (unpaired) electrons. The number of rotatable bonds is 7. The molecule has 4 nitrogen and oxygen atoms in total. The van der Waals surface area contributed by atoms with Gasteiger partial charge in [0.2, 0.25) is 5.91 Å². The molecule has 5 heteroatoms. The van der Waals surface area contributed by atoms with Crippen LogP contribution in [0.1, 0.15) is 54.7 Å². The average molecular weight is 431 g/mol. The van der Waals surface area contributed by atoms with Gasteiger partial charge in [-0.3, -0.25) is 9.59 Å². The smallest absolute Gasteiger partial charge is 0.252 e. The molecule has 0 aromatic heterocycles. The number of hydrogen-bond acceptors (Lipinski definition) is 2. The maximum absolute atomic E-state index is 12.9. The molecule has 0 saturated carbocycles. The summed E-state index contributed by atoms with van der Waals surface area (Å²) in [4.78, 5) is 25.6. The summed E-state index contributed by atoms with van der Waals surface area (Å²) in [5, 5.41) is 5.94. The van der Waals surface area contributed by atoms with Crippen molar-refractivity contribution in [3.63, 3.8) is 0 Å². The third-order valence-electron chi connectivity index (χ3n) is 4.45. The maximum Gasteiger partial charge on any atom is 0.252 e. The van der Waals surface area contributed by atoms with Gasteiger partial charge in [0.05, 0.1) is 6.04 Å². The van der Waals surface area contributed by atoms with Crippen molar-refractivity contribution in [3.8, 4) is 0 Å². The minimum absolute atomic E-state index is 0.168. The van der Waals surface area contributed by atoms with E-state index in [0.717, 1.165) is 15.6 Å². The van der Waals surface area contributed by atoms with Crippen molar-refractivity contribution in [3.05, 3.63) is 69.7 Å². The molecule has 2 N–H and O–H groups in total. The quantitative estimate of drug-likeness (QED) is 0.663. The summed E-state index contributed by atoms with van der Waals surface area (Å²) in [5.74, 6) is -0.118. The second kappa shape index (κ2) is 9.70.